The Morgan fingerprint density at radius 3 is 2.40 bits per heavy atom. The number of benzene rings is 3. The van der Waals surface area contributed by atoms with Gasteiger partial charge in [0.25, 0.3) is 0 Å². The third-order valence-corrected chi connectivity index (χ3v) is 6.11. The van der Waals surface area contributed by atoms with Gasteiger partial charge in [0, 0.05) is 27.2 Å². The Labute approximate surface area is 209 Å². The van der Waals surface area contributed by atoms with Crippen LogP contribution in [0.2, 0.25) is 0 Å². The van der Waals surface area contributed by atoms with Crippen LogP contribution in [-0.2, 0) is 27.2 Å². The molecule has 35 heavy (non-hydrogen) atoms. The molecule has 2 heterocycles. The van der Waals surface area contributed by atoms with E-state index in [1.807, 2.05) is 60.7 Å². The van der Waals surface area contributed by atoms with Gasteiger partial charge in [-0.05, 0) is 53.1 Å². The van der Waals surface area contributed by atoms with Crippen molar-refractivity contribution in [2.24, 2.45) is 14.1 Å². The van der Waals surface area contributed by atoms with Gasteiger partial charge in [0.2, 0.25) is 6.79 Å². The fourth-order valence-corrected chi connectivity index (χ4v) is 4.11. The molecule has 9 heteroatoms. The Kier molecular flexibility index (Phi) is 7.35. The number of rotatable bonds is 8. The second kappa shape index (κ2) is 10.4. The summed E-state index contributed by atoms with van der Waals surface area (Å²) in [5.74, 6) is 2.26. The molecule has 3 aromatic carbocycles. The Hall–Kier alpha value is -3.46. The molecule has 0 spiro atoms. The molecule has 0 amide bonds. The number of ether oxygens (including phenoxy) is 3. The second-order valence-electron chi connectivity index (χ2n) is 8.41. The first-order valence-electron chi connectivity index (χ1n) is 11.1. The standard InChI is InChI=1S/C26H27N3O5.ClH/c1-28-21-9-6-19(12-22(21)29(2)26(28)31)23(30)15-32-20-7-3-17(4-8-20)13-27-14-18-5-10-24-25(11-18)34-16-33-24;/h3-12,23,27,30H,13-16H2,1-2H3;1H/p-1. The summed E-state index contributed by atoms with van der Waals surface area (Å²) in [6.07, 6.45) is -0.803. The first-order chi connectivity index (χ1) is 16.5. The molecule has 1 aliphatic heterocycles. The van der Waals surface area contributed by atoms with E-state index in [1.165, 1.54) is 0 Å². The SMILES string of the molecule is Cn1c(=O)n(C)c2cc(C(O)COc3ccc(CNCc4ccc5c(c4)OCO5)cc3)ccc21.[Cl-]. The zero-order valence-corrected chi connectivity index (χ0v) is 20.3. The first-order valence-corrected chi connectivity index (χ1v) is 11.1. The van der Waals surface area contributed by atoms with Crippen molar-refractivity contribution in [2.45, 2.75) is 19.2 Å². The number of nitrogens with zero attached hydrogens (tertiary/aromatic N) is 2. The molecule has 0 fully saturated rings. The van der Waals surface area contributed by atoms with Crippen LogP contribution < -0.4 is 37.6 Å². The molecule has 1 aliphatic rings. The van der Waals surface area contributed by atoms with Gasteiger partial charge in [0.05, 0.1) is 11.0 Å². The van der Waals surface area contributed by atoms with E-state index in [2.05, 4.69) is 5.32 Å². The lowest BCUT2D eigenvalue weighted by atomic mass is 10.1. The number of aliphatic hydroxyl groups excluding tert-OH is 1. The molecule has 1 atom stereocenters. The minimum Gasteiger partial charge on any atom is -1.00 e. The van der Waals surface area contributed by atoms with Gasteiger partial charge in [0.1, 0.15) is 18.5 Å². The van der Waals surface area contributed by atoms with Crippen LogP contribution in [-0.4, -0.2) is 27.6 Å². The summed E-state index contributed by atoms with van der Waals surface area (Å²) >= 11 is 0. The molecule has 0 saturated carbocycles. The van der Waals surface area contributed by atoms with Gasteiger partial charge in [-0.3, -0.25) is 9.13 Å². The van der Waals surface area contributed by atoms with Gasteiger partial charge in [0.15, 0.2) is 11.5 Å². The Morgan fingerprint density at radius 1 is 0.914 bits per heavy atom. The van der Waals surface area contributed by atoms with Crippen LogP contribution >= 0.6 is 0 Å². The van der Waals surface area contributed by atoms with Gasteiger partial charge < -0.3 is 37.0 Å². The van der Waals surface area contributed by atoms with E-state index >= 15 is 0 Å². The molecule has 5 rings (SSSR count). The largest absolute Gasteiger partial charge is 1.00 e. The van der Waals surface area contributed by atoms with Crippen LogP contribution in [0, 0.1) is 0 Å². The monoisotopic (exact) mass is 496 g/mol. The average molecular weight is 497 g/mol. The summed E-state index contributed by atoms with van der Waals surface area (Å²) < 4.78 is 19.7. The van der Waals surface area contributed by atoms with E-state index in [-0.39, 0.29) is 31.5 Å². The van der Waals surface area contributed by atoms with Crippen LogP contribution in [0.5, 0.6) is 17.2 Å². The van der Waals surface area contributed by atoms with Crippen LogP contribution in [0.1, 0.15) is 22.8 Å². The van der Waals surface area contributed by atoms with Crippen LogP contribution in [0.4, 0.5) is 0 Å². The van der Waals surface area contributed by atoms with E-state index in [0.29, 0.717) is 17.9 Å². The van der Waals surface area contributed by atoms with Gasteiger partial charge in [-0.2, -0.15) is 0 Å². The van der Waals surface area contributed by atoms with Crippen molar-refractivity contribution in [3.05, 3.63) is 87.8 Å². The summed E-state index contributed by atoms with van der Waals surface area (Å²) in [6.45, 7) is 1.83. The fourth-order valence-electron chi connectivity index (χ4n) is 4.11. The van der Waals surface area contributed by atoms with Gasteiger partial charge in [-0.25, -0.2) is 4.79 Å². The molecule has 1 unspecified atom stereocenters. The number of imidazole rings is 1. The Morgan fingerprint density at radius 2 is 1.60 bits per heavy atom. The molecule has 1 aromatic heterocycles. The number of hydrogen-bond donors (Lipinski definition) is 2. The molecular formula is C26H27ClN3O5-. The van der Waals surface area contributed by atoms with Crippen LogP contribution in [0.25, 0.3) is 11.0 Å². The molecule has 184 valence electrons. The number of aliphatic hydroxyl groups is 1. The van der Waals surface area contributed by atoms with Crippen molar-refractivity contribution in [1.29, 1.82) is 0 Å². The second-order valence-corrected chi connectivity index (χ2v) is 8.41. The molecule has 8 nitrogen and oxygen atoms in total. The molecule has 0 saturated heterocycles. The summed E-state index contributed by atoms with van der Waals surface area (Å²) in [6, 6.07) is 19.2. The van der Waals surface area contributed by atoms with Crippen molar-refractivity contribution in [3.63, 3.8) is 0 Å². The quantitative estimate of drug-likeness (QED) is 0.357. The maximum Gasteiger partial charge on any atom is 0.328 e. The number of hydrogen-bond acceptors (Lipinski definition) is 6. The maximum absolute atomic E-state index is 12.1. The number of aromatic nitrogens is 2. The average Bonchev–Trinajstić information content (AvgIpc) is 3.41. The molecule has 0 radical (unpaired) electrons. The molecular weight excluding hydrogens is 470 g/mol. The third-order valence-electron chi connectivity index (χ3n) is 6.11. The molecule has 4 aromatic rings. The Balaban J connectivity index is 0.00000289. The molecule has 2 N–H and O–H groups in total. The van der Waals surface area contributed by atoms with E-state index in [1.54, 1.807) is 23.2 Å². The van der Waals surface area contributed by atoms with Crippen molar-refractivity contribution in [3.8, 4) is 17.2 Å². The normalized spacial score (nSPS) is 13.0. The summed E-state index contributed by atoms with van der Waals surface area (Å²) in [4.78, 5) is 12.1. The topological polar surface area (TPSA) is 86.9 Å². The van der Waals surface area contributed by atoms with E-state index in [0.717, 1.165) is 40.2 Å². The zero-order chi connectivity index (χ0) is 23.7. The lowest BCUT2D eigenvalue weighted by Gasteiger charge is -2.14. The van der Waals surface area contributed by atoms with Crippen molar-refractivity contribution in [2.75, 3.05) is 13.4 Å². The summed E-state index contributed by atoms with van der Waals surface area (Å²) in [5.41, 5.74) is 4.48. The van der Waals surface area contributed by atoms with Crippen LogP contribution in [0.15, 0.2) is 65.5 Å². The zero-order valence-electron chi connectivity index (χ0n) is 19.5. The number of halogens is 1. The van der Waals surface area contributed by atoms with E-state index in [9.17, 15) is 9.90 Å². The van der Waals surface area contributed by atoms with E-state index in [4.69, 9.17) is 14.2 Å². The fraction of sp³-hybridized carbons (Fsp3) is 0.269. The first kappa shape index (κ1) is 24.7. The van der Waals surface area contributed by atoms with Gasteiger partial charge >= 0.3 is 5.69 Å². The number of aryl methyl sites for hydroxylation is 2. The van der Waals surface area contributed by atoms with Crippen molar-refractivity contribution < 1.29 is 31.7 Å². The maximum atomic E-state index is 12.1. The Bertz CT molecular complexity index is 1380. The minimum absolute atomic E-state index is 0. The predicted octanol–water partition coefficient (Wildman–Crippen LogP) is 0.0119. The van der Waals surface area contributed by atoms with Gasteiger partial charge in [-0.1, -0.05) is 24.3 Å². The lowest BCUT2D eigenvalue weighted by Crippen LogP contribution is -3.00. The smallest absolute Gasteiger partial charge is 0.328 e. The van der Waals surface area contributed by atoms with Crippen LogP contribution in [0.3, 0.4) is 0 Å². The van der Waals surface area contributed by atoms with Crippen molar-refractivity contribution >= 4 is 11.0 Å². The summed E-state index contributed by atoms with van der Waals surface area (Å²) in [5, 5.41) is 14.0. The predicted molar refractivity (Wildman–Crippen MR) is 128 cm³/mol. The molecule has 0 aliphatic carbocycles. The van der Waals surface area contributed by atoms with Crippen molar-refractivity contribution in [1.82, 2.24) is 14.5 Å². The highest BCUT2D eigenvalue weighted by Gasteiger charge is 2.14. The highest BCUT2D eigenvalue weighted by Crippen LogP contribution is 2.32. The number of nitrogens with one attached hydrogen (secondary N) is 1. The lowest BCUT2D eigenvalue weighted by molar-refractivity contribution is -0.0000101. The van der Waals surface area contributed by atoms with E-state index < -0.39 is 6.10 Å². The molecule has 0 bridgehead atoms. The highest BCUT2D eigenvalue weighted by atomic mass is 35.5. The minimum atomic E-state index is -0.803. The highest BCUT2D eigenvalue weighted by molar-refractivity contribution is 5.77. The third kappa shape index (κ3) is 5.14. The number of fused-ring (bicyclic) bond motifs is 2. The van der Waals surface area contributed by atoms with Gasteiger partial charge in [-0.15, -0.1) is 0 Å². The summed E-state index contributed by atoms with van der Waals surface area (Å²) in [7, 11) is 3.46.